The molecular formula is C20H16F3N3O2. The molecule has 0 spiro atoms. The Morgan fingerprint density at radius 1 is 0.929 bits per heavy atom. The van der Waals surface area contributed by atoms with E-state index in [0.717, 1.165) is 12.1 Å². The summed E-state index contributed by atoms with van der Waals surface area (Å²) in [5.41, 5.74) is -0.0629. The van der Waals surface area contributed by atoms with Gasteiger partial charge >= 0.3 is 6.18 Å². The van der Waals surface area contributed by atoms with Crippen LogP contribution in [0.3, 0.4) is 0 Å². The van der Waals surface area contributed by atoms with Crippen molar-refractivity contribution in [1.29, 1.82) is 0 Å². The summed E-state index contributed by atoms with van der Waals surface area (Å²) in [6.45, 7) is -0.0964. The van der Waals surface area contributed by atoms with Crippen LogP contribution in [0.5, 0.6) is 11.5 Å². The molecule has 1 aromatic heterocycles. The van der Waals surface area contributed by atoms with E-state index in [1.165, 1.54) is 12.1 Å². The second-order valence-corrected chi connectivity index (χ2v) is 5.79. The Kier molecular flexibility index (Phi) is 5.78. The number of nitrogens with zero attached hydrogens (tertiary/aromatic N) is 1. The molecule has 0 saturated heterocycles. The molecule has 3 aromatic rings. The predicted octanol–water partition coefficient (Wildman–Crippen LogP) is 4.94. The van der Waals surface area contributed by atoms with Gasteiger partial charge in [0, 0.05) is 23.8 Å². The van der Waals surface area contributed by atoms with E-state index in [9.17, 15) is 18.0 Å². The van der Waals surface area contributed by atoms with Gasteiger partial charge in [0.25, 0.3) is 0 Å². The molecule has 3 rings (SSSR count). The lowest BCUT2D eigenvalue weighted by molar-refractivity contribution is -0.137. The van der Waals surface area contributed by atoms with E-state index in [-0.39, 0.29) is 12.2 Å². The number of anilines is 2. The number of hydrogen-bond donors (Lipinski definition) is 2. The molecule has 0 aliphatic carbocycles. The summed E-state index contributed by atoms with van der Waals surface area (Å²) in [6.07, 6.45) is -1.22. The molecule has 0 fully saturated rings. The molecule has 0 radical (unpaired) electrons. The first-order valence-electron chi connectivity index (χ1n) is 8.29. The number of halogens is 3. The zero-order valence-corrected chi connectivity index (χ0v) is 14.5. The second-order valence-electron chi connectivity index (χ2n) is 5.79. The van der Waals surface area contributed by atoms with E-state index in [0.29, 0.717) is 17.2 Å². The number of carbonyl (C=O) groups excluding carboxylic acids is 1. The van der Waals surface area contributed by atoms with Crippen molar-refractivity contribution in [1.82, 2.24) is 4.98 Å². The van der Waals surface area contributed by atoms with Crippen LogP contribution in [-0.2, 0) is 11.0 Å². The maximum absolute atomic E-state index is 12.7. The fourth-order valence-electron chi connectivity index (χ4n) is 2.34. The molecule has 0 saturated carbocycles. The largest absolute Gasteiger partial charge is 0.457 e. The van der Waals surface area contributed by atoms with Gasteiger partial charge in [0.15, 0.2) is 0 Å². The summed E-state index contributed by atoms with van der Waals surface area (Å²) in [4.78, 5) is 15.9. The molecular weight excluding hydrogens is 371 g/mol. The van der Waals surface area contributed by atoms with Crippen LogP contribution in [0.2, 0.25) is 0 Å². The molecule has 2 aromatic carbocycles. The quantitative estimate of drug-likeness (QED) is 0.629. The van der Waals surface area contributed by atoms with Crippen LogP contribution >= 0.6 is 0 Å². The zero-order chi connectivity index (χ0) is 20.0. The Hall–Kier alpha value is -3.55. The molecule has 8 heteroatoms. The van der Waals surface area contributed by atoms with Gasteiger partial charge in [-0.1, -0.05) is 6.07 Å². The maximum Gasteiger partial charge on any atom is 0.416 e. The molecule has 5 nitrogen and oxygen atoms in total. The Morgan fingerprint density at radius 3 is 2.29 bits per heavy atom. The molecule has 0 bridgehead atoms. The molecule has 2 N–H and O–H groups in total. The fourth-order valence-corrected chi connectivity index (χ4v) is 2.34. The van der Waals surface area contributed by atoms with Crippen LogP contribution < -0.4 is 15.4 Å². The minimum absolute atomic E-state index is 0.0859. The van der Waals surface area contributed by atoms with Crippen molar-refractivity contribution >= 4 is 17.3 Å². The summed E-state index contributed by atoms with van der Waals surface area (Å²) < 4.78 is 43.8. The fraction of sp³-hybridized carbons (Fsp3) is 0.100. The maximum atomic E-state index is 12.7. The van der Waals surface area contributed by atoms with Gasteiger partial charge in [-0.2, -0.15) is 13.2 Å². The first-order valence-corrected chi connectivity index (χ1v) is 8.29. The number of pyridine rings is 1. The normalized spacial score (nSPS) is 11.0. The number of carbonyl (C=O) groups is 1. The van der Waals surface area contributed by atoms with E-state index in [2.05, 4.69) is 15.6 Å². The number of nitrogens with one attached hydrogen (secondary N) is 2. The third-order valence-corrected chi connectivity index (χ3v) is 3.67. The van der Waals surface area contributed by atoms with Crippen LogP contribution in [0, 0.1) is 0 Å². The third kappa shape index (κ3) is 5.47. The first-order chi connectivity index (χ1) is 13.4. The van der Waals surface area contributed by atoms with Crippen molar-refractivity contribution in [2.75, 3.05) is 17.2 Å². The second kappa shape index (κ2) is 8.43. The number of benzene rings is 2. The van der Waals surface area contributed by atoms with Gasteiger partial charge in [0.2, 0.25) is 5.91 Å². The standard InChI is InChI=1S/C20H16F3N3O2/c21-20(22,23)14-2-1-3-16(12-14)26-19(27)13-25-15-4-6-17(7-5-15)28-18-8-10-24-11-9-18/h1-12,25H,13H2,(H,26,27). The highest BCUT2D eigenvalue weighted by molar-refractivity contribution is 5.93. The van der Waals surface area contributed by atoms with Crippen LogP contribution in [0.1, 0.15) is 5.56 Å². The van der Waals surface area contributed by atoms with Crippen LogP contribution in [0.15, 0.2) is 73.1 Å². The molecule has 1 amide bonds. The van der Waals surface area contributed by atoms with Gasteiger partial charge in [-0.25, -0.2) is 0 Å². The number of rotatable bonds is 6. The van der Waals surface area contributed by atoms with Gasteiger partial charge in [-0.05, 0) is 54.6 Å². The van der Waals surface area contributed by atoms with E-state index in [1.807, 2.05) is 0 Å². The highest BCUT2D eigenvalue weighted by Crippen LogP contribution is 2.30. The predicted molar refractivity (Wildman–Crippen MR) is 99.3 cm³/mol. The average molecular weight is 387 g/mol. The smallest absolute Gasteiger partial charge is 0.416 e. The van der Waals surface area contributed by atoms with Crippen LogP contribution in [-0.4, -0.2) is 17.4 Å². The molecule has 0 aliphatic rings. The number of alkyl halides is 3. The van der Waals surface area contributed by atoms with E-state index in [4.69, 9.17) is 4.74 Å². The SMILES string of the molecule is O=C(CNc1ccc(Oc2ccncc2)cc1)Nc1cccc(C(F)(F)F)c1. The molecule has 0 unspecified atom stereocenters. The molecule has 28 heavy (non-hydrogen) atoms. The minimum atomic E-state index is -4.46. The summed E-state index contributed by atoms with van der Waals surface area (Å²) >= 11 is 0. The summed E-state index contributed by atoms with van der Waals surface area (Å²) in [7, 11) is 0. The van der Waals surface area contributed by atoms with Crippen molar-refractivity contribution < 1.29 is 22.7 Å². The molecule has 0 atom stereocenters. The van der Waals surface area contributed by atoms with Crippen LogP contribution in [0.4, 0.5) is 24.5 Å². The monoisotopic (exact) mass is 387 g/mol. The van der Waals surface area contributed by atoms with Gasteiger partial charge < -0.3 is 15.4 Å². The molecule has 144 valence electrons. The number of amides is 1. The van der Waals surface area contributed by atoms with E-state index in [1.54, 1.807) is 48.8 Å². The van der Waals surface area contributed by atoms with Crippen molar-refractivity contribution in [3.63, 3.8) is 0 Å². The zero-order valence-electron chi connectivity index (χ0n) is 14.5. The number of ether oxygens (including phenoxy) is 1. The molecule has 1 heterocycles. The van der Waals surface area contributed by atoms with Crippen LogP contribution in [0.25, 0.3) is 0 Å². The molecule has 0 aliphatic heterocycles. The van der Waals surface area contributed by atoms with Crippen molar-refractivity contribution in [3.05, 3.63) is 78.6 Å². The van der Waals surface area contributed by atoms with Crippen molar-refractivity contribution in [2.45, 2.75) is 6.18 Å². The van der Waals surface area contributed by atoms with Gasteiger partial charge in [-0.15, -0.1) is 0 Å². The Balaban J connectivity index is 1.52. The number of aromatic nitrogens is 1. The number of hydrogen-bond acceptors (Lipinski definition) is 4. The average Bonchev–Trinajstić information content (AvgIpc) is 2.68. The summed E-state index contributed by atoms with van der Waals surface area (Å²) in [5, 5.41) is 5.34. The highest BCUT2D eigenvalue weighted by Gasteiger charge is 2.30. The Morgan fingerprint density at radius 2 is 1.61 bits per heavy atom. The first kappa shape index (κ1) is 19.2. The van der Waals surface area contributed by atoms with Gasteiger partial charge in [-0.3, -0.25) is 9.78 Å². The summed E-state index contributed by atoms with van der Waals surface area (Å²) in [5.74, 6) is 0.803. The van der Waals surface area contributed by atoms with E-state index < -0.39 is 17.6 Å². The van der Waals surface area contributed by atoms with Gasteiger partial charge in [0.1, 0.15) is 11.5 Å². The lowest BCUT2D eigenvalue weighted by Crippen LogP contribution is -2.22. The van der Waals surface area contributed by atoms with Gasteiger partial charge in [0.05, 0.1) is 12.1 Å². The lowest BCUT2D eigenvalue weighted by atomic mass is 10.2. The Labute approximate surface area is 159 Å². The Bertz CT molecular complexity index is 929. The summed E-state index contributed by atoms with van der Waals surface area (Å²) in [6, 6.07) is 14.9. The third-order valence-electron chi connectivity index (χ3n) is 3.67. The van der Waals surface area contributed by atoms with Crippen molar-refractivity contribution in [3.8, 4) is 11.5 Å². The van der Waals surface area contributed by atoms with E-state index >= 15 is 0 Å². The van der Waals surface area contributed by atoms with Crippen molar-refractivity contribution in [2.24, 2.45) is 0 Å². The minimum Gasteiger partial charge on any atom is -0.457 e. The lowest BCUT2D eigenvalue weighted by Gasteiger charge is -2.11. The topological polar surface area (TPSA) is 63.2 Å². The highest BCUT2D eigenvalue weighted by atomic mass is 19.4.